The maximum atomic E-state index is 12.0. The van der Waals surface area contributed by atoms with Gasteiger partial charge in [-0.05, 0) is 6.92 Å². The SMILES string of the molecule is CCOCCS(=O)(=O)N1CC(O)CC1C(=O)OC. The maximum absolute atomic E-state index is 12.0. The minimum absolute atomic E-state index is 0.0688. The van der Waals surface area contributed by atoms with E-state index in [9.17, 15) is 18.3 Å². The predicted octanol–water partition coefficient (Wildman–Crippen LogP) is -1.04. The van der Waals surface area contributed by atoms with Crippen LogP contribution in [0.2, 0.25) is 0 Å². The van der Waals surface area contributed by atoms with Gasteiger partial charge in [0.15, 0.2) is 0 Å². The van der Waals surface area contributed by atoms with E-state index >= 15 is 0 Å². The van der Waals surface area contributed by atoms with Crippen molar-refractivity contribution in [3.05, 3.63) is 0 Å². The van der Waals surface area contributed by atoms with Crippen LogP contribution in [0.1, 0.15) is 13.3 Å². The van der Waals surface area contributed by atoms with E-state index in [-0.39, 0.29) is 25.3 Å². The number of nitrogens with zero attached hydrogens (tertiary/aromatic N) is 1. The normalized spacial score (nSPS) is 25.3. The number of sulfonamides is 1. The van der Waals surface area contributed by atoms with Crippen LogP contribution < -0.4 is 0 Å². The Kier molecular flexibility index (Phi) is 5.51. The van der Waals surface area contributed by atoms with Crippen LogP contribution in [0.25, 0.3) is 0 Å². The van der Waals surface area contributed by atoms with Gasteiger partial charge in [-0.15, -0.1) is 0 Å². The molecule has 1 N–H and O–H groups in total. The van der Waals surface area contributed by atoms with Crippen molar-refractivity contribution in [1.29, 1.82) is 0 Å². The number of carbonyl (C=O) groups excluding carboxylic acids is 1. The number of aliphatic hydroxyl groups excluding tert-OH is 1. The minimum Gasteiger partial charge on any atom is -0.468 e. The van der Waals surface area contributed by atoms with Gasteiger partial charge in [-0.1, -0.05) is 0 Å². The molecule has 0 bridgehead atoms. The van der Waals surface area contributed by atoms with Gasteiger partial charge in [0.05, 0.1) is 25.6 Å². The van der Waals surface area contributed by atoms with Crippen LogP contribution in [0.4, 0.5) is 0 Å². The van der Waals surface area contributed by atoms with E-state index in [1.807, 2.05) is 0 Å². The number of carbonyl (C=O) groups is 1. The zero-order valence-electron chi connectivity index (χ0n) is 10.5. The van der Waals surface area contributed by atoms with Crippen LogP contribution in [0, 0.1) is 0 Å². The van der Waals surface area contributed by atoms with Gasteiger partial charge in [-0.2, -0.15) is 4.31 Å². The average Bonchev–Trinajstić information content (AvgIpc) is 2.71. The van der Waals surface area contributed by atoms with Crippen molar-refractivity contribution in [2.45, 2.75) is 25.5 Å². The molecule has 2 unspecified atom stereocenters. The number of esters is 1. The van der Waals surface area contributed by atoms with E-state index in [4.69, 9.17) is 4.74 Å². The third-order valence-corrected chi connectivity index (χ3v) is 4.55. The molecule has 18 heavy (non-hydrogen) atoms. The van der Waals surface area contributed by atoms with Crippen molar-refractivity contribution in [3.63, 3.8) is 0 Å². The number of ether oxygens (including phenoxy) is 2. The van der Waals surface area contributed by atoms with E-state index in [2.05, 4.69) is 4.74 Å². The smallest absolute Gasteiger partial charge is 0.324 e. The molecule has 1 heterocycles. The third-order valence-electron chi connectivity index (χ3n) is 2.75. The fourth-order valence-electron chi connectivity index (χ4n) is 1.87. The van der Waals surface area contributed by atoms with E-state index in [0.29, 0.717) is 6.61 Å². The maximum Gasteiger partial charge on any atom is 0.324 e. The Labute approximate surface area is 107 Å². The lowest BCUT2D eigenvalue weighted by molar-refractivity contribution is -0.144. The van der Waals surface area contributed by atoms with E-state index in [1.165, 1.54) is 7.11 Å². The summed E-state index contributed by atoms with van der Waals surface area (Å²) < 4.78 is 34.6. The van der Waals surface area contributed by atoms with Crippen LogP contribution in [0.5, 0.6) is 0 Å². The minimum atomic E-state index is -3.62. The molecule has 1 rings (SSSR count). The van der Waals surface area contributed by atoms with Gasteiger partial charge in [-0.25, -0.2) is 8.42 Å². The Morgan fingerprint density at radius 2 is 2.17 bits per heavy atom. The Morgan fingerprint density at radius 1 is 1.50 bits per heavy atom. The number of aliphatic hydroxyl groups is 1. The zero-order chi connectivity index (χ0) is 13.8. The standard InChI is InChI=1S/C10H19NO6S/c1-3-17-4-5-18(14,15)11-7-8(12)6-9(11)10(13)16-2/h8-9,12H,3-7H2,1-2H3. The highest BCUT2D eigenvalue weighted by Crippen LogP contribution is 2.22. The van der Waals surface area contributed by atoms with Gasteiger partial charge in [0, 0.05) is 19.6 Å². The van der Waals surface area contributed by atoms with Gasteiger partial charge < -0.3 is 14.6 Å². The molecule has 106 valence electrons. The lowest BCUT2D eigenvalue weighted by Gasteiger charge is -2.21. The van der Waals surface area contributed by atoms with Crippen molar-refractivity contribution in [1.82, 2.24) is 4.31 Å². The fourth-order valence-corrected chi connectivity index (χ4v) is 3.39. The topological polar surface area (TPSA) is 93.1 Å². The summed E-state index contributed by atoms with van der Waals surface area (Å²) in [6.07, 6.45) is -0.767. The molecule has 1 aliphatic heterocycles. The Morgan fingerprint density at radius 3 is 2.72 bits per heavy atom. The molecule has 0 saturated carbocycles. The van der Waals surface area contributed by atoms with Crippen molar-refractivity contribution in [3.8, 4) is 0 Å². The second kappa shape index (κ2) is 6.46. The number of hydrogen-bond donors (Lipinski definition) is 1. The first kappa shape index (κ1) is 15.4. The molecule has 0 aliphatic carbocycles. The second-order valence-electron chi connectivity index (χ2n) is 4.01. The Hall–Kier alpha value is -0.700. The van der Waals surface area contributed by atoms with Crippen LogP contribution in [-0.4, -0.2) is 68.6 Å². The molecular weight excluding hydrogens is 262 g/mol. The Bertz CT molecular complexity index is 382. The van der Waals surface area contributed by atoms with Crippen molar-refractivity contribution in [2.24, 2.45) is 0 Å². The summed E-state index contributed by atoms with van der Waals surface area (Å²) in [5.74, 6) is -0.854. The summed E-state index contributed by atoms with van der Waals surface area (Å²) in [5.41, 5.74) is 0. The molecule has 1 fully saturated rings. The summed E-state index contributed by atoms with van der Waals surface area (Å²) >= 11 is 0. The fraction of sp³-hybridized carbons (Fsp3) is 0.900. The first-order valence-electron chi connectivity index (χ1n) is 5.75. The number of hydrogen-bond acceptors (Lipinski definition) is 6. The summed E-state index contributed by atoms with van der Waals surface area (Å²) in [4.78, 5) is 11.5. The molecule has 1 aliphatic rings. The lowest BCUT2D eigenvalue weighted by Crippen LogP contribution is -2.43. The molecular formula is C10H19NO6S. The molecule has 0 aromatic carbocycles. The van der Waals surface area contributed by atoms with E-state index in [0.717, 1.165) is 4.31 Å². The lowest BCUT2D eigenvalue weighted by atomic mass is 10.2. The summed E-state index contributed by atoms with van der Waals surface area (Å²) in [7, 11) is -2.43. The first-order valence-corrected chi connectivity index (χ1v) is 7.36. The van der Waals surface area contributed by atoms with E-state index < -0.39 is 28.1 Å². The monoisotopic (exact) mass is 281 g/mol. The molecule has 8 heteroatoms. The molecule has 1 saturated heterocycles. The molecule has 0 aromatic heterocycles. The molecule has 0 spiro atoms. The summed E-state index contributed by atoms with van der Waals surface area (Å²) in [6.45, 7) is 2.19. The summed E-state index contributed by atoms with van der Waals surface area (Å²) in [6, 6.07) is -0.934. The van der Waals surface area contributed by atoms with Gasteiger partial charge in [-0.3, -0.25) is 4.79 Å². The second-order valence-corrected chi connectivity index (χ2v) is 6.05. The molecule has 0 aromatic rings. The highest BCUT2D eigenvalue weighted by atomic mass is 32.2. The molecule has 0 amide bonds. The number of β-amino-alcohol motifs (C(OH)–C–C–N with tert-alkyl or cyclic N) is 1. The van der Waals surface area contributed by atoms with Crippen molar-refractivity contribution < 1.29 is 27.8 Å². The molecule has 2 atom stereocenters. The van der Waals surface area contributed by atoms with Gasteiger partial charge in [0.25, 0.3) is 0 Å². The largest absolute Gasteiger partial charge is 0.468 e. The van der Waals surface area contributed by atoms with Crippen LogP contribution >= 0.6 is 0 Å². The van der Waals surface area contributed by atoms with Gasteiger partial charge in [0.1, 0.15) is 6.04 Å². The third kappa shape index (κ3) is 3.64. The number of methoxy groups -OCH3 is 1. The average molecular weight is 281 g/mol. The first-order chi connectivity index (χ1) is 8.42. The van der Waals surface area contributed by atoms with Crippen LogP contribution in [0.15, 0.2) is 0 Å². The highest BCUT2D eigenvalue weighted by Gasteiger charge is 2.43. The van der Waals surface area contributed by atoms with Gasteiger partial charge >= 0.3 is 5.97 Å². The van der Waals surface area contributed by atoms with Crippen molar-refractivity contribution in [2.75, 3.05) is 32.6 Å². The van der Waals surface area contributed by atoms with Crippen LogP contribution in [-0.2, 0) is 24.3 Å². The van der Waals surface area contributed by atoms with Gasteiger partial charge in [0.2, 0.25) is 10.0 Å². The van der Waals surface area contributed by atoms with Crippen molar-refractivity contribution >= 4 is 16.0 Å². The molecule has 0 radical (unpaired) electrons. The zero-order valence-corrected chi connectivity index (χ0v) is 11.4. The number of rotatable bonds is 6. The highest BCUT2D eigenvalue weighted by molar-refractivity contribution is 7.89. The van der Waals surface area contributed by atoms with E-state index in [1.54, 1.807) is 6.92 Å². The van der Waals surface area contributed by atoms with Crippen LogP contribution in [0.3, 0.4) is 0 Å². The Balaban J connectivity index is 2.75. The molecule has 7 nitrogen and oxygen atoms in total. The predicted molar refractivity (Wildman–Crippen MR) is 63.4 cm³/mol. The quantitative estimate of drug-likeness (QED) is 0.494. The summed E-state index contributed by atoms with van der Waals surface area (Å²) in [5, 5.41) is 9.50.